The molecular weight excluding hydrogens is 512 g/mol. The molecule has 0 spiro atoms. The number of benzene rings is 2. The van der Waals surface area contributed by atoms with Crippen LogP contribution in [0.2, 0.25) is 0 Å². The second-order valence-electron chi connectivity index (χ2n) is 12.7. The fourth-order valence-electron chi connectivity index (χ4n) is 6.17. The third kappa shape index (κ3) is 6.75. The van der Waals surface area contributed by atoms with Crippen molar-refractivity contribution >= 4 is 11.7 Å². The average Bonchev–Trinajstić information content (AvgIpc) is 2.94. The Morgan fingerprint density at radius 3 is 2.56 bits per heavy atom. The number of aliphatic hydroxyl groups excluding tert-OH is 1. The fraction of sp³-hybridized carbons (Fsp3) is 0.486. The molecule has 1 fully saturated rings. The summed E-state index contributed by atoms with van der Waals surface area (Å²) in [5.41, 5.74) is 7.95. The van der Waals surface area contributed by atoms with E-state index in [9.17, 15) is 9.90 Å². The molecule has 2 aliphatic heterocycles. The minimum Gasteiger partial charge on any atom is -0.490 e. The number of fused-ring (bicyclic) bond motifs is 1. The van der Waals surface area contributed by atoms with Gasteiger partial charge in [0.25, 0.3) is 0 Å². The minimum absolute atomic E-state index is 0.149. The van der Waals surface area contributed by atoms with Crippen molar-refractivity contribution in [2.24, 2.45) is 5.41 Å². The molecule has 1 saturated heterocycles. The number of carbonyl (C=O) groups excluding carboxylic acids is 1. The van der Waals surface area contributed by atoms with Crippen molar-refractivity contribution in [1.29, 1.82) is 0 Å². The maximum absolute atomic E-state index is 12.9. The van der Waals surface area contributed by atoms with Gasteiger partial charge in [-0.3, -0.25) is 9.78 Å². The number of anilines is 1. The molecule has 1 unspecified atom stereocenters. The van der Waals surface area contributed by atoms with Gasteiger partial charge in [0, 0.05) is 36.3 Å². The first-order valence-electron chi connectivity index (χ1n) is 15.0. The second-order valence-corrected chi connectivity index (χ2v) is 12.7. The van der Waals surface area contributed by atoms with Crippen molar-refractivity contribution < 1.29 is 19.4 Å². The molecule has 2 aromatic carbocycles. The number of rotatable bonds is 8. The van der Waals surface area contributed by atoms with Gasteiger partial charge >= 0.3 is 5.97 Å². The highest BCUT2D eigenvalue weighted by Gasteiger charge is 2.31. The van der Waals surface area contributed by atoms with Crippen molar-refractivity contribution in [1.82, 2.24) is 4.98 Å². The van der Waals surface area contributed by atoms with Crippen LogP contribution in [0.4, 0.5) is 5.69 Å². The first-order valence-corrected chi connectivity index (χ1v) is 15.0. The topological polar surface area (TPSA) is 71.9 Å². The van der Waals surface area contributed by atoms with Crippen molar-refractivity contribution in [3.8, 4) is 16.9 Å². The summed E-state index contributed by atoms with van der Waals surface area (Å²) in [4.78, 5) is 20.2. The average molecular weight is 557 g/mol. The molecule has 41 heavy (non-hydrogen) atoms. The Labute approximate surface area is 244 Å². The summed E-state index contributed by atoms with van der Waals surface area (Å²) in [5.74, 6) is 0.669. The van der Waals surface area contributed by atoms with Crippen LogP contribution in [0, 0.1) is 12.3 Å². The number of pyridine rings is 1. The van der Waals surface area contributed by atoms with E-state index in [2.05, 4.69) is 61.2 Å². The molecule has 2 aliphatic rings. The van der Waals surface area contributed by atoms with Crippen molar-refractivity contribution in [2.75, 3.05) is 18.0 Å². The largest absolute Gasteiger partial charge is 0.490 e. The Morgan fingerprint density at radius 1 is 1.15 bits per heavy atom. The molecule has 1 N–H and O–H groups in total. The van der Waals surface area contributed by atoms with Gasteiger partial charge in [0.1, 0.15) is 11.9 Å². The number of hydrogen-bond donors (Lipinski definition) is 1. The lowest BCUT2D eigenvalue weighted by Gasteiger charge is -2.40. The van der Waals surface area contributed by atoms with E-state index >= 15 is 0 Å². The lowest BCUT2D eigenvalue weighted by atomic mass is 9.82. The maximum Gasteiger partial charge on any atom is 0.310 e. The van der Waals surface area contributed by atoms with E-state index in [1.165, 1.54) is 11.1 Å². The number of nitrogens with zero attached hydrogens (tertiary/aromatic N) is 2. The van der Waals surface area contributed by atoms with Gasteiger partial charge in [-0.1, -0.05) is 50.2 Å². The number of aryl methyl sites for hydroxylation is 2. The summed E-state index contributed by atoms with van der Waals surface area (Å²) in [5, 5.41) is 10.5. The molecule has 0 bridgehead atoms. The summed E-state index contributed by atoms with van der Waals surface area (Å²) < 4.78 is 12.0. The predicted octanol–water partition coefficient (Wildman–Crippen LogP) is 6.61. The molecule has 1 aromatic heterocycles. The number of hydrogen-bond acceptors (Lipinski definition) is 6. The monoisotopic (exact) mass is 556 g/mol. The van der Waals surface area contributed by atoms with Crippen LogP contribution < -0.4 is 9.64 Å². The Hall–Kier alpha value is -3.38. The van der Waals surface area contributed by atoms with E-state index in [0.717, 1.165) is 79.0 Å². The van der Waals surface area contributed by atoms with Gasteiger partial charge in [-0.15, -0.1) is 0 Å². The first-order chi connectivity index (χ1) is 19.6. The number of aromatic nitrogens is 1. The van der Waals surface area contributed by atoms with E-state index in [1.807, 2.05) is 26.8 Å². The van der Waals surface area contributed by atoms with Crippen molar-refractivity contribution in [2.45, 2.75) is 92.0 Å². The van der Waals surface area contributed by atoms with Gasteiger partial charge in [-0.25, -0.2) is 0 Å². The zero-order valence-corrected chi connectivity index (χ0v) is 25.2. The molecular formula is C35H44N2O4. The van der Waals surface area contributed by atoms with Crippen LogP contribution in [0.1, 0.15) is 75.0 Å². The lowest BCUT2D eigenvalue weighted by Crippen LogP contribution is -2.38. The van der Waals surface area contributed by atoms with Gasteiger partial charge < -0.3 is 19.5 Å². The highest BCUT2D eigenvalue weighted by atomic mass is 16.5. The van der Waals surface area contributed by atoms with Crippen LogP contribution in [0.25, 0.3) is 11.1 Å². The van der Waals surface area contributed by atoms with Crippen molar-refractivity contribution in [3.05, 3.63) is 76.6 Å². The molecule has 5 rings (SSSR count). The predicted molar refractivity (Wildman–Crippen MR) is 163 cm³/mol. The Morgan fingerprint density at radius 2 is 1.88 bits per heavy atom. The molecule has 3 aromatic rings. The molecule has 3 heterocycles. The number of ether oxygens (including phenoxy) is 2. The summed E-state index contributed by atoms with van der Waals surface area (Å²) >= 11 is 0. The van der Waals surface area contributed by atoms with E-state index in [4.69, 9.17) is 14.5 Å². The van der Waals surface area contributed by atoms with Gasteiger partial charge in [-0.05, 0) is 80.7 Å². The molecule has 6 nitrogen and oxygen atoms in total. The zero-order chi connectivity index (χ0) is 29.1. The Bertz CT molecular complexity index is 1370. The zero-order valence-electron chi connectivity index (χ0n) is 25.2. The van der Waals surface area contributed by atoms with E-state index in [1.54, 1.807) is 0 Å². The number of carbonyl (C=O) groups is 1. The van der Waals surface area contributed by atoms with Crippen LogP contribution in [-0.4, -0.2) is 41.4 Å². The highest BCUT2D eigenvalue weighted by Crippen LogP contribution is 2.43. The third-order valence-corrected chi connectivity index (χ3v) is 8.51. The fourth-order valence-corrected chi connectivity index (χ4v) is 6.17. The van der Waals surface area contributed by atoms with Crippen molar-refractivity contribution in [3.63, 3.8) is 0 Å². The normalized spacial score (nSPS) is 18.1. The van der Waals surface area contributed by atoms with Gasteiger partial charge in [-0.2, -0.15) is 0 Å². The number of piperidine rings is 1. The van der Waals surface area contributed by atoms with E-state index in [-0.39, 0.29) is 36.6 Å². The van der Waals surface area contributed by atoms with Gasteiger partial charge in [0.2, 0.25) is 0 Å². The van der Waals surface area contributed by atoms with Gasteiger partial charge in [0.05, 0.1) is 30.5 Å². The SMILES string of the molecule is Cc1nc(CO)c(-c2ccc3c(c2)CCC(Cc2ccccc2)O3)c(N2CCC(C)(C)CC2)c1CC(=O)OC(C)C. The summed E-state index contributed by atoms with van der Waals surface area (Å²) in [6.07, 6.45) is 5.00. The van der Waals surface area contributed by atoms with E-state index in [0.29, 0.717) is 5.69 Å². The molecule has 218 valence electrons. The molecule has 0 radical (unpaired) electrons. The van der Waals surface area contributed by atoms with Crippen LogP contribution in [0.5, 0.6) is 5.75 Å². The van der Waals surface area contributed by atoms with Crippen LogP contribution >= 0.6 is 0 Å². The summed E-state index contributed by atoms with van der Waals surface area (Å²) in [6.45, 7) is 11.9. The second kappa shape index (κ2) is 12.2. The smallest absolute Gasteiger partial charge is 0.310 e. The molecule has 1 atom stereocenters. The number of esters is 1. The molecule has 0 amide bonds. The molecule has 0 saturated carbocycles. The molecule has 6 heteroatoms. The van der Waals surface area contributed by atoms with Crippen LogP contribution in [0.15, 0.2) is 48.5 Å². The quantitative estimate of drug-likeness (QED) is 0.315. The highest BCUT2D eigenvalue weighted by molar-refractivity contribution is 5.87. The maximum atomic E-state index is 12.9. The lowest BCUT2D eigenvalue weighted by molar-refractivity contribution is -0.146. The molecule has 0 aliphatic carbocycles. The summed E-state index contributed by atoms with van der Waals surface area (Å²) in [6, 6.07) is 16.9. The minimum atomic E-state index is -0.255. The first kappa shape index (κ1) is 29.1. The van der Waals surface area contributed by atoms with Crippen LogP contribution in [0.3, 0.4) is 0 Å². The standard InChI is InChI=1S/C35H44N2O4/c1-23(2)40-32(39)21-29-24(3)36-30(22-38)33(34(29)37-17-15-35(4,5)16-18-37)27-12-14-31-26(20-27)11-13-28(41-31)19-25-9-7-6-8-10-25/h6-10,12,14,20,23,28,38H,11,13,15-19,21-22H2,1-5H3. The van der Waals surface area contributed by atoms with Gasteiger partial charge in [0.15, 0.2) is 0 Å². The van der Waals surface area contributed by atoms with E-state index < -0.39 is 0 Å². The Balaban J connectivity index is 1.54. The Kier molecular flexibility index (Phi) is 8.69. The van der Waals surface area contributed by atoms with Crippen LogP contribution in [-0.2, 0) is 35.4 Å². The number of aliphatic hydroxyl groups is 1. The summed E-state index contributed by atoms with van der Waals surface area (Å²) in [7, 11) is 0. The third-order valence-electron chi connectivity index (χ3n) is 8.51.